The van der Waals surface area contributed by atoms with Crippen LogP contribution in [0.2, 0.25) is 0 Å². The van der Waals surface area contributed by atoms with Crippen molar-refractivity contribution in [2.24, 2.45) is 5.41 Å². The number of pyridine rings is 3. The summed E-state index contributed by atoms with van der Waals surface area (Å²) in [7, 11) is 0. The molecule has 37 heavy (non-hydrogen) atoms. The van der Waals surface area contributed by atoms with E-state index in [1.807, 2.05) is 43.7 Å². The first-order valence-corrected chi connectivity index (χ1v) is 12.4. The number of amides is 1. The number of hydrogen-bond donors (Lipinski definition) is 3. The third-order valence-electron chi connectivity index (χ3n) is 5.97. The van der Waals surface area contributed by atoms with Gasteiger partial charge in [0.2, 0.25) is 5.91 Å². The number of rotatable bonds is 4. The van der Waals surface area contributed by atoms with Crippen LogP contribution in [-0.2, 0) is 4.79 Å². The minimum atomic E-state index is -0.585. The van der Waals surface area contributed by atoms with E-state index in [1.54, 1.807) is 23.6 Å². The number of hydrogen-bond acceptors (Lipinski definition) is 7. The number of carbonyl (C=O) groups excluding carboxylic acids is 1. The summed E-state index contributed by atoms with van der Waals surface area (Å²) in [5.74, 6) is -0.297. The van der Waals surface area contributed by atoms with Gasteiger partial charge in [-0.1, -0.05) is 20.8 Å². The predicted molar refractivity (Wildman–Crippen MR) is 141 cm³/mol. The van der Waals surface area contributed by atoms with Crippen LogP contribution in [0.15, 0.2) is 53.7 Å². The zero-order chi connectivity index (χ0) is 25.7. The van der Waals surface area contributed by atoms with Gasteiger partial charge in [-0.15, -0.1) is 0 Å². The normalized spacial score (nSPS) is 11.9. The van der Waals surface area contributed by atoms with Crippen LogP contribution < -0.4 is 5.32 Å². The Balaban J connectivity index is 1.44. The quantitative estimate of drug-likeness (QED) is 0.274. The predicted octanol–water partition coefficient (Wildman–Crippen LogP) is 5.81. The lowest BCUT2D eigenvalue weighted by atomic mass is 9.95. The number of aromatic amines is 2. The highest BCUT2D eigenvalue weighted by Crippen LogP contribution is 2.35. The molecule has 3 N–H and O–H groups in total. The van der Waals surface area contributed by atoms with Crippen molar-refractivity contribution in [2.45, 2.75) is 20.8 Å². The lowest BCUT2D eigenvalue weighted by molar-refractivity contribution is -0.123. The van der Waals surface area contributed by atoms with E-state index in [4.69, 9.17) is 0 Å². The number of carbonyl (C=O) groups is 1. The van der Waals surface area contributed by atoms with E-state index in [0.29, 0.717) is 28.4 Å². The van der Waals surface area contributed by atoms with Gasteiger partial charge in [-0.3, -0.25) is 14.9 Å². The van der Waals surface area contributed by atoms with Gasteiger partial charge in [-0.25, -0.2) is 19.3 Å². The molecule has 6 aromatic rings. The monoisotopic (exact) mass is 512 g/mol. The number of thiophene rings is 1. The molecule has 0 aliphatic carbocycles. The summed E-state index contributed by atoms with van der Waals surface area (Å²) in [4.78, 5) is 33.2. The molecule has 6 rings (SSSR count). The van der Waals surface area contributed by atoms with Crippen molar-refractivity contribution in [1.29, 1.82) is 0 Å². The average Bonchev–Trinajstić information content (AvgIpc) is 3.63. The Kier molecular flexibility index (Phi) is 5.30. The maximum Gasteiger partial charge on any atom is 0.229 e. The molecule has 0 aliphatic rings. The van der Waals surface area contributed by atoms with Gasteiger partial charge in [0, 0.05) is 40.7 Å². The fourth-order valence-electron chi connectivity index (χ4n) is 3.99. The number of nitrogens with one attached hydrogen (secondary N) is 3. The van der Waals surface area contributed by atoms with Crippen LogP contribution in [-0.4, -0.2) is 41.0 Å². The summed E-state index contributed by atoms with van der Waals surface area (Å²) in [6.45, 7) is 5.44. The van der Waals surface area contributed by atoms with Crippen molar-refractivity contribution < 1.29 is 9.18 Å². The van der Waals surface area contributed by atoms with Crippen LogP contribution >= 0.6 is 11.3 Å². The molecule has 9 nitrogen and oxygen atoms in total. The smallest absolute Gasteiger partial charge is 0.229 e. The maximum absolute atomic E-state index is 16.0. The van der Waals surface area contributed by atoms with E-state index in [0.717, 1.165) is 16.6 Å². The first kappa shape index (κ1) is 22.9. The summed E-state index contributed by atoms with van der Waals surface area (Å²) < 4.78 is 16.0. The van der Waals surface area contributed by atoms with Crippen LogP contribution in [0.3, 0.4) is 0 Å². The number of anilines is 1. The molecule has 0 aliphatic heterocycles. The number of aromatic nitrogens is 7. The van der Waals surface area contributed by atoms with Crippen LogP contribution in [0.1, 0.15) is 20.8 Å². The second-order valence-electron chi connectivity index (χ2n) is 9.60. The lowest BCUT2D eigenvalue weighted by Gasteiger charge is -2.17. The molecular weight excluding hydrogens is 491 g/mol. The summed E-state index contributed by atoms with van der Waals surface area (Å²) in [6, 6.07) is 5.60. The van der Waals surface area contributed by atoms with Gasteiger partial charge in [-0.05, 0) is 34.5 Å². The minimum absolute atomic E-state index is 0.169. The van der Waals surface area contributed by atoms with Crippen molar-refractivity contribution in [3.8, 4) is 33.8 Å². The summed E-state index contributed by atoms with van der Waals surface area (Å²) >= 11 is 1.60. The highest BCUT2D eigenvalue weighted by Gasteiger charge is 2.23. The SMILES string of the molecule is CC(C)(C)C(=O)Nc1cncc(-c2cnc3n[nH]c(-c4nc5nccc(-c6ccsc6)c5[nH]4)c3c2F)c1. The van der Waals surface area contributed by atoms with Crippen LogP contribution in [0.4, 0.5) is 10.1 Å². The Labute approximate surface area is 214 Å². The molecule has 0 aromatic carbocycles. The molecule has 1 amide bonds. The Morgan fingerprint density at radius 2 is 1.92 bits per heavy atom. The molecule has 184 valence electrons. The second kappa shape index (κ2) is 8.56. The highest BCUT2D eigenvalue weighted by molar-refractivity contribution is 7.08. The summed E-state index contributed by atoms with van der Waals surface area (Å²) in [6.07, 6.45) is 6.15. The average molecular weight is 513 g/mol. The van der Waals surface area contributed by atoms with Gasteiger partial charge < -0.3 is 10.3 Å². The first-order valence-electron chi connectivity index (χ1n) is 11.5. The molecule has 0 bridgehead atoms. The third kappa shape index (κ3) is 4.02. The number of imidazole rings is 1. The molecular formula is C26H21FN8OS. The third-order valence-corrected chi connectivity index (χ3v) is 6.65. The Bertz CT molecular complexity index is 1780. The van der Waals surface area contributed by atoms with E-state index in [9.17, 15) is 4.79 Å². The topological polar surface area (TPSA) is 125 Å². The Morgan fingerprint density at radius 3 is 2.70 bits per heavy atom. The van der Waals surface area contributed by atoms with E-state index in [2.05, 4.69) is 40.4 Å². The second-order valence-corrected chi connectivity index (χ2v) is 10.4. The van der Waals surface area contributed by atoms with E-state index >= 15 is 4.39 Å². The van der Waals surface area contributed by atoms with Gasteiger partial charge in [0.25, 0.3) is 0 Å². The maximum atomic E-state index is 16.0. The summed E-state index contributed by atoms with van der Waals surface area (Å²) in [5, 5.41) is 14.1. The van der Waals surface area contributed by atoms with Gasteiger partial charge in [-0.2, -0.15) is 16.4 Å². The largest absolute Gasteiger partial charge is 0.335 e. The fraction of sp³-hybridized carbons (Fsp3) is 0.154. The fourth-order valence-corrected chi connectivity index (χ4v) is 4.64. The molecule has 0 saturated heterocycles. The van der Waals surface area contributed by atoms with Gasteiger partial charge in [0.1, 0.15) is 11.5 Å². The standard InChI is InChI=1S/C26H21FN8OS/c1-26(2,3)25(36)31-15-8-14(9-28-10-15)17-11-30-22-18(19(17)27)21(34-35-22)24-32-20-16(13-5-7-37-12-13)4-6-29-23(20)33-24/h4-12H,1-3H3,(H,31,36)(H,29,32,33)(H,30,34,35). The molecule has 0 saturated carbocycles. The molecule has 0 unspecified atom stereocenters. The number of H-pyrrole nitrogens is 2. The van der Waals surface area contributed by atoms with Crippen LogP contribution in [0.25, 0.3) is 56.0 Å². The van der Waals surface area contributed by atoms with Crippen LogP contribution in [0.5, 0.6) is 0 Å². The van der Waals surface area contributed by atoms with Gasteiger partial charge in [0.15, 0.2) is 17.1 Å². The molecule has 6 aromatic heterocycles. The van der Waals surface area contributed by atoms with Crippen molar-refractivity contribution in [2.75, 3.05) is 5.32 Å². The zero-order valence-corrected chi connectivity index (χ0v) is 20.9. The van der Waals surface area contributed by atoms with Crippen molar-refractivity contribution in [3.63, 3.8) is 0 Å². The molecule has 0 spiro atoms. The first-order chi connectivity index (χ1) is 17.8. The Hall–Kier alpha value is -4.51. The van der Waals surface area contributed by atoms with Crippen LogP contribution in [0, 0.1) is 11.2 Å². The van der Waals surface area contributed by atoms with Gasteiger partial charge >= 0.3 is 0 Å². The van der Waals surface area contributed by atoms with Crippen molar-refractivity contribution in [1.82, 2.24) is 35.1 Å². The number of nitrogens with zero attached hydrogens (tertiary/aromatic N) is 5. The van der Waals surface area contributed by atoms with E-state index in [-0.39, 0.29) is 22.5 Å². The van der Waals surface area contributed by atoms with E-state index in [1.165, 1.54) is 18.6 Å². The van der Waals surface area contributed by atoms with E-state index < -0.39 is 11.2 Å². The summed E-state index contributed by atoms with van der Waals surface area (Å²) in [5.41, 5.74) is 4.41. The van der Waals surface area contributed by atoms with Crippen molar-refractivity contribution in [3.05, 3.63) is 59.6 Å². The zero-order valence-electron chi connectivity index (χ0n) is 20.1. The molecule has 0 fully saturated rings. The van der Waals surface area contributed by atoms with Gasteiger partial charge in [0.05, 0.1) is 22.8 Å². The van der Waals surface area contributed by atoms with Crippen molar-refractivity contribution >= 4 is 45.1 Å². The number of halogens is 1. The highest BCUT2D eigenvalue weighted by atomic mass is 32.1. The Morgan fingerprint density at radius 1 is 1.05 bits per heavy atom. The lowest BCUT2D eigenvalue weighted by Crippen LogP contribution is -2.27. The molecule has 0 atom stereocenters. The minimum Gasteiger partial charge on any atom is -0.335 e. The molecule has 11 heteroatoms. The molecule has 6 heterocycles. The molecule has 0 radical (unpaired) electrons. The number of fused-ring (bicyclic) bond motifs is 2.